The zero-order valence-corrected chi connectivity index (χ0v) is 44.0. The summed E-state index contributed by atoms with van der Waals surface area (Å²) in [6.45, 7) is 12.1. The summed E-state index contributed by atoms with van der Waals surface area (Å²) in [6.07, 6.45) is 13.2. The van der Waals surface area contributed by atoms with Gasteiger partial charge in [-0.05, 0) is 168 Å². The van der Waals surface area contributed by atoms with E-state index in [1.54, 1.807) is 44.8 Å². The highest BCUT2D eigenvalue weighted by atomic mass is 32.1. The van der Waals surface area contributed by atoms with Crippen LogP contribution in [-0.4, -0.2) is 114 Å². The standard InChI is InChI=1S/C25H32N4O3.C25H31N3O3S.C4H10O2.H3NO/c1-3-17-12-24(9-8-21(17)31-2)13-18-7-6-16(14-26)11-20(18)25(24)22(30)29(23(27)28-25)15-19-5-4-10-32-19;1-3-17-12-24(9-8-21(17)30-2)13-18-7-6-16(14-26)11-20(18)25(24)22(29)28(23(32)27-25)15-19-5-4-10-31-19;1-4(2,3)6-5;1-2/h6-7,11,17,19,21H,3-5,8-10,12-13,15H2,1-2H3,(H2,27,28);6-7,11,17,19,21H,3-5,8-10,12-13,15H2,1-2H3,(H,27,32);5H,1-3H3;2H,1H2/t2*17-,19+,21-,24-,25+;;/m00../s1. The maximum atomic E-state index is 14.3. The van der Waals surface area contributed by atoms with E-state index in [9.17, 15) is 20.1 Å². The SMILES string of the molecule is CC(C)(C)OO.CC[C@H]1C[C@@]2(CC[C@@H]1OC)Cc1ccc(C#N)cc1[C@]21N=C(N)N(C[C@H]2CCCO2)C1=O.CC[C@H]1C[C@@]2(CC[C@@H]1OC)Cc1ccc(C#N)cc1[C@]21NC(=S)N(C[C@H]2CCCO2)C1=O.NO. The lowest BCUT2D eigenvalue weighted by Crippen LogP contribution is -2.58. The van der Waals surface area contributed by atoms with Crippen LogP contribution in [0.4, 0.5) is 0 Å². The molecule has 72 heavy (non-hydrogen) atoms. The minimum absolute atomic E-state index is 0.00210. The average Bonchev–Trinajstić information content (AvgIpc) is 4.26. The highest BCUT2D eigenvalue weighted by Crippen LogP contribution is 2.64. The zero-order chi connectivity index (χ0) is 52.2. The number of hydrogen-bond acceptors (Lipinski definition) is 15. The minimum atomic E-state index is -1.07. The molecule has 0 bridgehead atoms. The first-order valence-electron chi connectivity index (χ1n) is 25.8. The number of ether oxygens (including phenoxy) is 4. The van der Waals surface area contributed by atoms with Gasteiger partial charge in [0, 0.05) is 38.3 Å². The molecule has 4 spiro atoms. The lowest BCUT2D eigenvalue weighted by Gasteiger charge is -2.49. The number of aliphatic imine (C=N–C) groups is 1. The first-order valence-corrected chi connectivity index (χ1v) is 26.2. The summed E-state index contributed by atoms with van der Waals surface area (Å²) in [4.78, 5) is 40.9. The van der Waals surface area contributed by atoms with Gasteiger partial charge in [0.05, 0.1) is 66.4 Å². The minimum Gasteiger partial charge on any atom is -0.381 e. The third-order valence-electron chi connectivity index (χ3n) is 17.0. The number of amides is 2. The Morgan fingerprint density at radius 1 is 0.806 bits per heavy atom. The molecule has 4 aliphatic heterocycles. The van der Waals surface area contributed by atoms with Crippen LogP contribution >= 0.6 is 12.2 Å². The fraction of sp³-hybridized carbons (Fsp3) is 0.667. The molecule has 2 aromatic carbocycles. The van der Waals surface area contributed by atoms with Crippen LogP contribution in [0.2, 0.25) is 0 Å². The van der Waals surface area contributed by atoms with Gasteiger partial charge in [-0.3, -0.25) is 24.6 Å². The van der Waals surface area contributed by atoms with Crippen molar-refractivity contribution in [2.45, 2.75) is 166 Å². The highest BCUT2D eigenvalue weighted by Gasteiger charge is 2.69. The van der Waals surface area contributed by atoms with Crippen molar-refractivity contribution in [1.29, 1.82) is 10.5 Å². The van der Waals surface area contributed by atoms with Gasteiger partial charge in [0.15, 0.2) is 22.1 Å². The Balaban J connectivity index is 0.000000184. The van der Waals surface area contributed by atoms with Gasteiger partial charge in [0.2, 0.25) is 0 Å². The van der Waals surface area contributed by atoms with Crippen molar-refractivity contribution in [2.24, 2.45) is 39.3 Å². The largest absolute Gasteiger partial charge is 0.381 e. The van der Waals surface area contributed by atoms with Crippen molar-refractivity contribution in [3.05, 3.63) is 69.8 Å². The number of methoxy groups -OCH3 is 2. The Hall–Kier alpha value is -4.60. The number of fused-ring (bicyclic) bond motifs is 6. The Kier molecular flexibility index (Phi) is 17.2. The molecule has 5 fully saturated rings. The highest BCUT2D eigenvalue weighted by molar-refractivity contribution is 7.80. The summed E-state index contributed by atoms with van der Waals surface area (Å²) < 4.78 is 23.3. The van der Waals surface area contributed by atoms with E-state index in [0.717, 1.165) is 125 Å². The van der Waals surface area contributed by atoms with Crippen LogP contribution < -0.4 is 16.9 Å². The molecule has 392 valence electrons. The van der Waals surface area contributed by atoms with Crippen molar-refractivity contribution >= 4 is 35.1 Å². The number of thiocarbonyl (C=S) groups is 1. The van der Waals surface area contributed by atoms with Gasteiger partial charge in [-0.1, -0.05) is 38.8 Å². The van der Waals surface area contributed by atoms with Gasteiger partial charge >= 0.3 is 0 Å². The molecule has 3 saturated heterocycles. The maximum Gasteiger partial charge on any atom is 0.262 e. The summed E-state index contributed by atoms with van der Waals surface area (Å²) in [6, 6.07) is 16.0. The number of rotatable bonds is 8. The van der Waals surface area contributed by atoms with E-state index >= 15 is 0 Å². The summed E-state index contributed by atoms with van der Waals surface area (Å²) >= 11 is 5.76. The molecular weight excluding hydrogens is 937 g/mol. The third kappa shape index (κ3) is 9.80. The summed E-state index contributed by atoms with van der Waals surface area (Å²) in [5.74, 6) is 4.49. The predicted octanol–water partition coefficient (Wildman–Crippen LogP) is 6.88. The maximum absolute atomic E-state index is 14.3. The number of benzene rings is 2. The molecule has 4 heterocycles. The number of nitriles is 2. The second-order valence-electron chi connectivity index (χ2n) is 21.9. The molecular formula is C54H76N8O9S. The lowest BCUT2D eigenvalue weighted by atomic mass is 9.58. The zero-order valence-electron chi connectivity index (χ0n) is 43.2. The predicted molar refractivity (Wildman–Crippen MR) is 273 cm³/mol. The first-order chi connectivity index (χ1) is 34.5. The summed E-state index contributed by atoms with van der Waals surface area (Å²) in [5.41, 5.74) is 8.61. The average molecular weight is 1010 g/mol. The first kappa shape index (κ1) is 55.2. The Bertz CT molecular complexity index is 2410. The molecule has 0 unspecified atom stereocenters. The van der Waals surface area contributed by atoms with Gasteiger partial charge in [0.25, 0.3) is 11.8 Å². The van der Waals surface area contributed by atoms with Crippen LogP contribution in [-0.2, 0) is 57.3 Å². The number of nitrogens with zero attached hydrogens (tertiary/aromatic N) is 5. The van der Waals surface area contributed by atoms with Crippen molar-refractivity contribution in [3.8, 4) is 12.1 Å². The van der Waals surface area contributed by atoms with Crippen LogP contribution in [0.1, 0.15) is 145 Å². The Labute approximate surface area is 430 Å². The van der Waals surface area contributed by atoms with E-state index in [1.807, 2.05) is 36.4 Å². The summed E-state index contributed by atoms with van der Waals surface area (Å²) in [7, 11) is 3.57. The summed E-state index contributed by atoms with van der Waals surface area (Å²) in [5, 5.41) is 37.6. The van der Waals surface area contributed by atoms with E-state index in [-0.39, 0.29) is 53.0 Å². The van der Waals surface area contributed by atoms with Gasteiger partial charge in [-0.2, -0.15) is 10.5 Å². The number of guanidine groups is 1. The molecule has 2 amide bonds. The van der Waals surface area contributed by atoms with E-state index in [2.05, 4.69) is 42.1 Å². The Morgan fingerprint density at radius 2 is 1.29 bits per heavy atom. The molecule has 0 aromatic heterocycles. The van der Waals surface area contributed by atoms with E-state index in [0.29, 0.717) is 41.2 Å². The molecule has 10 atom stereocenters. The van der Waals surface area contributed by atoms with E-state index in [1.165, 1.54) is 0 Å². The van der Waals surface area contributed by atoms with Crippen molar-refractivity contribution < 1.29 is 43.9 Å². The molecule has 10 rings (SSSR count). The van der Waals surface area contributed by atoms with Crippen LogP contribution in [0.25, 0.3) is 0 Å². The second-order valence-corrected chi connectivity index (χ2v) is 22.3. The normalized spacial score (nSPS) is 33.1. The van der Waals surface area contributed by atoms with Crippen LogP contribution in [0.15, 0.2) is 41.4 Å². The van der Waals surface area contributed by atoms with Gasteiger partial charge in [-0.15, -0.1) is 0 Å². The topological polar surface area (TPSA) is 251 Å². The van der Waals surface area contributed by atoms with Gasteiger partial charge in [-0.25, -0.2) is 15.8 Å². The quantitative estimate of drug-likeness (QED) is 0.103. The van der Waals surface area contributed by atoms with E-state index < -0.39 is 16.7 Å². The Morgan fingerprint density at radius 3 is 1.78 bits per heavy atom. The molecule has 4 aliphatic carbocycles. The molecule has 8 aliphatic rings. The molecule has 2 aromatic rings. The van der Waals surface area contributed by atoms with E-state index in [4.69, 9.17) is 52.4 Å². The van der Waals surface area contributed by atoms with Crippen LogP contribution in [0.3, 0.4) is 0 Å². The number of nitrogens with two attached hydrogens (primary N) is 2. The fourth-order valence-corrected chi connectivity index (χ4v) is 13.9. The van der Waals surface area contributed by atoms with Crippen molar-refractivity contribution in [2.75, 3.05) is 40.5 Å². The van der Waals surface area contributed by atoms with Crippen LogP contribution in [0.5, 0.6) is 0 Å². The third-order valence-corrected chi connectivity index (χ3v) is 17.4. The lowest BCUT2D eigenvalue weighted by molar-refractivity contribution is -0.306. The van der Waals surface area contributed by atoms with Crippen molar-refractivity contribution in [3.63, 3.8) is 0 Å². The number of hydrogen-bond donors (Lipinski definition) is 5. The monoisotopic (exact) mass is 1010 g/mol. The fourth-order valence-electron chi connectivity index (χ4n) is 13.6. The number of carbonyl (C=O) groups is 2. The second kappa shape index (κ2) is 22.5. The molecule has 18 heteroatoms. The smallest absolute Gasteiger partial charge is 0.262 e. The molecule has 7 N–H and O–H groups in total. The molecule has 17 nitrogen and oxygen atoms in total. The number of nitrogens with one attached hydrogen (secondary N) is 1. The number of carbonyl (C=O) groups excluding carboxylic acids is 2. The van der Waals surface area contributed by atoms with Gasteiger partial charge in [0.1, 0.15) is 0 Å². The van der Waals surface area contributed by atoms with Crippen LogP contribution in [0, 0.1) is 45.3 Å². The van der Waals surface area contributed by atoms with Gasteiger partial charge < -0.3 is 35.2 Å². The molecule has 0 radical (unpaired) electrons. The van der Waals surface area contributed by atoms with Crippen molar-refractivity contribution in [1.82, 2.24) is 15.1 Å². The molecule has 2 saturated carbocycles.